The lowest BCUT2D eigenvalue weighted by Crippen LogP contribution is -2.34. The summed E-state index contributed by atoms with van der Waals surface area (Å²) < 4.78 is 0. The fraction of sp³-hybridized carbons (Fsp3) is 0.154. The number of rotatable bonds is 3. The van der Waals surface area contributed by atoms with E-state index in [0.29, 0.717) is 0 Å². The normalized spacial score (nSPS) is 13.9. The molecule has 1 heterocycles. The summed E-state index contributed by atoms with van der Waals surface area (Å²) in [5.74, 6) is 0. The highest BCUT2D eigenvalue weighted by Crippen LogP contribution is 2.27. The standard InChI is InChI=1S/C13H13N3O2/c1-13(14,11-3-2-8-15-9-11)10-4-6-12(7-5-10)16(17)18/h2-9H,14H2,1H3. The number of nitro groups is 1. The molecule has 1 unspecified atom stereocenters. The summed E-state index contributed by atoms with van der Waals surface area (Å²) >= 11 is 0. The molecular formula is C13H13N3O2. The first-order chi connectivity index (χ1) is 8.51. The highest BCUT2D eigenvalue weighted by molar-refractivity contribution is 5.40. The third kappa shape index (κ3) is 2.21. The lowest BCUT2D eigenvalue weighted by atomic mass is 9.87. The fourth-order valence-electron chi connectivity index (χ4n) is 1.77. The Bertz CT molecular complexity index is 550. The van der Waals surface area contributed by atoms with Crippen LogP contribution in [0, 0.1) is 10.1 Å². The first kappa shape index (κ1) is 12.2. The summed E-state index contributed by atoms with van der Waals surface area (Å²) in [5, 5.41) is 10.6. The van der Waals surface area contributed by atoms with Gasteiger partial charge >= 0.3 is 0 Å². The number of aromatic nitrogens is 1. The SMILES string of the molecule is CC(N)(c1ccc([N+](=O)[O-])cc1)c1cccnc1. The molecule has 1 atom stereocenters. The van der Waals surface area contributed by atoms with Gasteiger partial charge in [0.05, 0.1) is 10.5 Å². The third-order valence-corrected chi connectivity index (χ3v) is 2.94. The Kier molecular flexibility index (Phi) is 3.08. The van der Waals surface area contributed by atoms with Crippen LogP contribution < -0.4 is 5.73 Å². The third-order valence-electron chi connectivity index (χ3n) is 2.94. The maximum absolute atomic E-state index is 10.6. The Hall–Kier alpha value is -2.27. The lowest BCUT2D eigenvalue weighted by molar-refractivity contribution is -0.384. The molecule has 0 bridgehead atoms. The van der Waals surface area contributed by atoms with Crippen molar-refractivity contribution < 1.29 is 4.92 Å². The average Bonchev–Trinajstić information content (AvgIpc) is 2.40. The molecule has 0 amide bonds. The van der Waals surface area contributed by atoms with Crippen molar-refractivity contribution in [3.63, 3.8) is 0 Å². The van der Waals surface area contributed by atoms with Gasteiger partial charge in [0.15, 0.2) is 0 Å². The van der Waals surface area contributed by atoms with Crippen molar-refractivity contribution in [1.29, 1.82) is 0 Å². The number of benzene rings is 1. The van der Waals surface area contributed by atoms with Crippen LogP contribution in [0.4, 0.5) is 5.69 Å². The fourth-order valence-corrected chi connectivity index (χ4v) is 1.77. The van der Waals surface area contributed by atoms with Gasteiger partial charge in [-0.3, -0.25) is 15.1 Å². The molecule has 0 fully saturated rings. The van der Waals surface area contributed by atoms with Crippen LogP contribution in [0.3, 0.4) is 0 Å². The van der Waals surface area contributed by atoms with E-state index >= 15 is 0 Å². The molecule has 0 saturated carbocycles. The van der Waals surface area contributed by atoms with E-state index in [2.05, 4.69) is 4.98 Å². The lowest BCUT2D eigenvalue weighted by Gasteiger charge is -2.25. The molecule has 2 N–H and O–H groups in total. The van der Waals surface area contributed by atoms with Crippen molar-refractivity contribution in [3.05, 3.63) is 70.0 Å². The van der Waals surface area contributed by atoms with E-state index in [9.17, 15) is 10.1 Å². The summed E-state index contributed by atoms with van der Waals surface area (Å²) in [6, 6.07) is 9.95. The van der Waals surface area contributed by atoms with Gasteiger partial charge in [-0.15, -0.1) is 0 Å². The molecule has 2 rings (SSSR count). The van der Waals surface area contributed by atoms with Crippen molar-refractivity contribution in [1.82, 2.24) is 4.98 Å². The van der Waals surface area contributed by atoms with Gasteiger partial charge in [-0.1, -0.05) is 18.2 Å². The molecule has 2 aromatic rings. The average molecular weight is 243 g/mol. The van der Waals surface area contributed by atoms with Crippen molar-refractivity contribution in [2.24, 2.45) is 5.73 Å². The molecule has 0 aliphatic heterocycles. The number of nitrogens with two attached hydrogens (primary N) is 1. The molecule has 0 spiro atoms. The maximum atomic E-state index is 10.6. The Balaban J connectivity index is 2.39. The Morgan fingerprint density at radius 2 is 1.89 bits per heavy atom. The minimum Gasteiger partial charge on any atom is -0.318 e. The molecule has 5 nitrogen and oxygen atoms in total. The maximum Gasteiger partial charge on any atom is 0.269 e. The number of nitrogens with zero attached hydrogens (tertiary/aromatic N) is 2. The quantitative estimate of drug-likeness (QED) is 0.661. The Morgan fingerprint density at radius 3 is 2.39 bits per heavy atom. The largest absolute Gasteiger partial charge is 0.318 e. The molecular weight excluding hydrogens is 230 g/mol. The van der Waals surface area contributed by atoms with Gasteiger partial charge in [0.25, 0.3) is 5.69 Å². The Morgan fingerprint density at radius 1 is 1.22 bits per heavy atom. The molecule has 0 aliphatic carbocycles. The summed E-state index contributed by atoms with van der Waals surface area (Å²) in [7, 11) is 0. The smallest absolute Gasteiger partial charge is 0.269 e. The van der Waals surface area contributed by atoms with Crippen LogP contribution in [0.25, 0.3) is 0 Å². The summed E-state index contributed by atoms with van der Waals surface area (Å²) in [5.41, 5.74) is 7.28. The van der Waals surface area contributed by atoms with Gasteiger partial charge < -0.3 is 5.73 Å². The molecule has 0 saturated heterocycles. The van der Waals surface area contributed by atoms with E-state index in [1.54, 1.807) is 24.5 Å². The number of non-ortho nitro benzene ring substituents is 1. The van der Waals surface area contributed by atoms with Gasteiger partial charge in [-0.05, 0) is 24.1 Å². The molecule has 0 radical (unpaired) electrons. The first-order valence-corrected chi connectivity index (χ1v) is 5.46. The number of hydrogen-bond acceptors (Lipinski definition) is 4. The van der Waals surface area contributed by atoms with Crippen molar-refractivity contribution in [2.75, 3.05) is 0 Å². The second-order valence-electron chi connectivity index (χ2n) is 4.25. The zero-order valence-electron chi connectivity index (χ0n) is 9.91. The highest BCUT2D eigenvalue weighted by atomic mass is 16.6. The monoisotopic (exact) mass is 243 g/mol. The number of hydrogen-bond donors (Lipinski definition) is 1. The topological polar surface area (TPSA) is 82.0 Å². The second-order valence-corrected chi connectivity index (χ2v) is 4.25. The van der Waals surface area contributed by atoms with Crippen LogP contribution in [0.5, 0.6) is 0 Å². The van der Waals surface area contributed by atoms with Crippen LogP contribution in [0.15, 0.2) is 48.8 Å². The molecule has 0 aliphatic rings. The van der Waals surface area contributed by atoms with Gasteiger partial charge in [-0.2, -0.15) is 0 Å². The summed E-state index contributed by atoms with van der Waals surface area (Å²) in [6.07, 6.45) is 3.37. The number of pyridine rings is 1. The zero-order chi connectivity index (χ0) is 13.2. The molecule has 1 aromatic carbocycles. The minimum absolute atomic E-state index is 0.0562. The zero-order valence-corrected chi connectivity index (χ0v) is 9.91. The van der Waals surface area contributed by atoms with Crippen LogP contribution in [-0.2, 0) is 5.54 Å². The summed E-state index contributed by atoms with van der Waals surface area (Å²) in [4.78, 5) is 14.2. The van der Waals surface area contributed by atoms with E-state index in [0.717, 1.165) is 11.1 Å². The van der Waals surface area contributed by atoms with E-state index in [1.165, 1.54) is 12.1 Å². The van der Waals surface area contributed by atoms with Gasteiger partial charge in [0, 0.05) is 24.5 Å². The van der Waals surface area contributed by atoms with Gasteiger partial charge in [-0.25, -0.2) is 0 Å². The predicted octanol–water partition coefficient (Wildman–Crippen LogP) is 2.21. The van der Waals surface area contributed by atoms with Gasteiger partial charge in [0.1, 0.15) is 0 Å². The minimum atomic E-state index is -0.719. The highest BCUT2D eigenvalue weighted by Gasteiger charge is 2.24. The Labute approximate surface area is 104 Å². The summed E-state index contributed by atoms with van der Waals surface area (Å²) in [6.45, 7) is 1.85. The van der Waals surface area contributed by atoms with Crippen LogP contribution in [0.1, 0.15) is 18.1 Å². The van der Waals surface area contributed by atoms with E-state index in [1.807, 2.05) is 19.1 Å². The second kappa shape index (κ2) is 4.54. The van der Waals surface area contributed by atoms with Crippen LogP contribution >= 0.6 is 0 Å². The van der Waals surface area contributed by atoms with E-state index < -0.39 is 10.5 Å². The van der Waals surface area contributed by atoms with Crippen molar-refractivity contribution in [2.45, 2.75) is 12.5 Å². The molecule has 1 aromatic heterocycles. The first-order valence-electron chi connectivity index (χ1n) is 5.46. The molecule has 92 valence electrons. The predicted molar refractivity (Wildman–Crippen MR) is 68.0 cm³/mol. The van der Waals surface area contributed by atoms with Crippen LogP contribution in [-0.4, -0.2) is 9.91 Å². The van der Waals surface area contributed by atoms with E-state index in [4.69, 9.17) is 5.73 Å². The molecule has 5 heteroatoms. The van der Waals surface area contributed by atoms with Crippen molar-refractivity contribution in [3.8, 4) is 0 Å². The van der Waals surface area contributed by atoms with Crippen molar-refractivity contribution >= 4 is 5.69 Å². The molecule has 18 heavy (non-hydrogen) atoms. The van der Waals surface area contributed by atoms with E-state index in [-0.39, 0.29) is 5.69 Å². The number of nitro benzene ring substituents is 1. The van der Waals surface area contributed by atoms with Crippen LogP contribution in [0.2, 0.25) is 0 Å². The van der Waals surface area contributed by atoms with Gasteiger partial charge in [0.2, 0.25) is 0 Å².